The van der Waals surface area contributed by atoms with Crippen molar-refractivity contribution in [2.75, 3.05) is 20.2 Å². The standard InChI is InChI=1S/C18H31NO2/c1-7-18(5,19(8-2)9-3)17(20)13-15-12-14(4)10-11-16(15)21-6/h10-12,17,20H,7-9,13H2,1-6H3. The van der Waals surface area contributed by atoms with Crippen molar-refractivity contribution in [2.24, 2.45) is 0 Å². The van der Waals surface area contributed by atoms with Crippen molar-refractivity contribution in [3.8, 4) is 5.75 Å². The second-order valence-corrected chi connectivity index (χ2v) is 5.92. The Bertz CT molecular complexity index is 443. The maximum absolute atomic E-state index is 10.9. The summed E-state index contributed by atoms with van der Waals surface area (Å²) in [6.45, 7) is 12.6. The van der Waals surface area contributed by atoms with E-state index in [4.69, 9.17) is 4.74 Å². The summed E-state index contributed by atoms with van der Waals surface area (Å²) in [5.41, 5.74) is 2.06. The second-order valence-electron chi connectivity index (χ2n) is 5.92. The molecule has 3 heteroatoms. The lowest BCUT2D eigenvalue weighted by molar-refractivity contribution is -0.0192. The molecule has 3 nitrogen and oxygen atoms in total. The molecule has 0 fully saturated rings. The van der Waals surface area contributed by atoms with Gasteiger partial charge in [-0.1, -0.05) is 38.5 Å². The van der Waals surface area contributed by atoms with E-state index >= 15 is 0 Å². The van der Waals surface area contributed by atoms with E-state index in [-0.39, 0.29) is 5.54 Å². The maximum Gasteiger partial charge on any atom is 0.122 e. The number of aryl methyl sites for hydroxylation is 1. The Morgan fingerprint density at radius 2 is 1.86 bits per heavy atom. The van der Waals surface area contributed by atoms with Crippen molar-refractivity contribution in [3.63, 3.8) is 0 Å². The van der Waals surface area contributed by atoms with Gasteiger partial charge in [-0.3, -0.25) is 4.90 Å². The first-order valence-electron chi connectivity index (χ1n) is 7.99. The predicted molar refractivity (Wildman–Crippen MR) is 89.1 cm³/mol. The summed E-state index contributed by atoms with van der Waals surface area (Å²) in [7, 11) is 1.68. The topological polar surface area (TPSA) is 32.7 Å². The zero-order valence-corrected chi connectivity index (χ0v) is 14.4. The third-order valence-corrected chi connectivity index (χ3v) is 4.77. The third kappa shape index (κ3) is 3.98. The molecule has 0 spiro atoms. The van der Waals surface area contributed by atoms with Gasteiger partial charge in [0, 0.05) is 12.0 Å². The molecular formula is C18H31NO2. The highest BCUT2D eigenvalue weighted by Gasteiger charge is 2.36. The van der Waals surface area contributed by atoms with Crippen molar-refractivity contribution in [3.05, 3.63) is 29.3 Å². The summed E-state index contributed by atoms with van der Waals surface area (Å²) in [5.74, 6) is 0.859. The lowest BCUT2D eigenvalue weighted by Gasteiger charge is -2.43. The zero-order valence-electron chi connectivity index (χ0n) is 14.4. The lowest BCUT2D eigenvalue weighted by atomic mass is 9.85. The van der Waals surface area contributed by atoms with Gasteiger partial charge < -0.3 is 9.84 Å². The van der Waals surface area contributed by atoms with Crippen LogP contribution in [-0.4, -0.2) is 41.8 Å². The summed E-state index contributed by atoms with van der Waals surface area (Å²) >= 11 is 0. The van der Waals surface area contributed by atoms with E-state index in [9.17, 15) is 5.11 Å². The number of methoxy groups -OCH3 is 1. The van der Waals surface area contributed by atoms with Crippen LogP contribution in [0.2, 0.25) is 0 Å². The van der Waals surface area contributed by atoms with Crippen molar-refractivity contribution >= 4 is 0 Å². The highest BCUT2D eigenvalue weighted by atomic mass is 16.5. The van der Waals surface area contributed by atoms with Gasteiger partial charge in [0.05, 0.1) is 13.2 Å². The average Bonchev–Trinajstić information content (AvgIpc) is 2.48. The van der Waals surface area contributed by atoms with Gasteiger partial charge >= 0.3 is 0 Å². The molecule has 0 aliphatic heterocycles. The van der Waals surface area contributed by atoms with Crippen LogP contribution in [0.3, 0.4) is 0 Å². The molecule has 1 N–H and O–H groups in total. The van der Waals surface area contributed by atoms with Gasteiger partial charge in [0.15, 0.2) is 0 Å². The SMILES string of the molecule is CCN(CC)C(C)(CC)C(O)Cc1cc(C)ccc1OC. The van der Waals surface area contributed by atoms with Crippen LogP contribution in [0.25, 0.3) is 0 Å². The van der Waals surface area contributed by atoms with Crippen molar-refractivity contribution < 1.29 is 9.84 Å². The molecule has 1 aromatic carbocycles. The Kier molecular flexibility index (Phi) is 6.69. The highest BCUT2D eigenvalue weighted by Crippen LogP contribution is 2.29. The number of aliphatic hydroxyl groups excluding tert-OH is 1. The number of likely N-dealkylation sites (N-methyl/N-ethyl adjacent to an activating group) is 1. The van der Waals surface area contributed by atoms with E-state index in [1.165, 1.54) is 5.56 Å². The largest absolute Gasteiger partial charge is 0.496 e. The Hall–Kier alpha value is -1.06. The number of benzene rings is 1. The molecule has 2 atom stereocenters. The minimum Gasteiger partial charge on any atom is -0.496 e. The number of nitrogens with zero attached hydrogens (tertiary/aromatic N) is 1. The molecule has 2 unspecified atom stereocenters. The summed E-state index contributed by atoms with van der Waals surface area (Å²) < 4.78 is 5.44. The summed E-state index contributed by atoms with van der Waals surface area (Å²) in [6, 6.07) is 6.14. The molecule has 21 heavy (non-hydrogen) atoms. The van der Waals surface area contributed by atoms with E-state index in [0.717, 1.165) is 30.8 Å². The molecule has 0 aliphatic rings. The number of aliphatic hydroxyl groups is 1. The van der Waals surface area contributed by atoms with Gasteiger partial charge in [-0.25, -0.2) is 0 Å². The van der Waals surface area contributed by atoms with Crippen LogP contribution in [0.1, 0.15) is 45.2 Å². The molecule has 120 valence electrons. The van der Waals surface area contributed by atoms with Gasteiger partial charge in [0.25, 0.3) is 0 Å². The molecule has 0 aliphatic carbocycles. The van der Waals surface area contributed by atoms with Crippen LogP contribution in [-0.2, 0) is 6.42 Å². The minimum atomic E-state index is -0.418. The molecular weight excluding hydrogens is 262 g/mol. The van der Waals surface area contributed by atoms with Gasteiger partial charge in [0.1, 0.15) is 5.75 Å². The van der Waals surface area contributed by atoms with Crippen LogP contribution in [0.15, 0.2) is 18.2 Å². The Morgan fingerprint density at radius 1 is 1.24 bits per heavy atom. The van der Waals surface area contributed by atoms with E-state index in [2.05, 4.69) is 45.6 Å². The first-order valence-corrected chi connectivity index (χ1v) is 7.99. The van der Waals surface area contributed by atoms with Crippen LogP contribution in [0.5, 0.6) is 5.75 Å². The molecule has 1 rings (SSSR count). The van der Waals surface area contributed by atoms with E-state index < -0.39 is 6.10 Å². The van der Waals surface area contributed by atoms with E-state index in [1.54, 1.807) is 7.11 Å². The molecule has 0 radical (unpaired) electrons. The smallest absolute Gasteiger partial charge is 0.122 e. The second kappa shape index (κ2) is 7.81. The minimum absolute atomic E-state index is 0.210. The van der Waals surface area contributed by atoms with Crippen molar-refractivity contribution in [2.45, 2.75) is 59.1 Å². The van der Waals surface area contributed by atoms with Crippen LogP contribution >= 0.6 is 0 Å². The Labute approximate surface area is 129 Å². The first-order chi connectivity index (χ1) is 9.92. The van der Waals surface area contributed by atoms with Crippen LogP contribution < -0.4 is 4.74 Å². The van der Waals surface area contributed by atoms with Gasteiger partial charge in [-0.15, -0.1) is 0 Å². The highest BCUT2D eigenvalue weighted by molar-refractivity contribution is 5.37. The fourth-order valence-corrected chi connectivity index (χ4v) is 3.11. The Morgan fingerprint density at radius 3 is 2.33 bits per heavy atom. The number of ether oxygens (including phenoxy) is 1. The van der Waals surface area contributed by atoms with Crippen molar-refractivity contribution in [1.82, 2.24) is 4.90 Å². The molecule has 0 saturated heterocycles. The summed E-state index contributed by atoms with van der Waals surface area (Å²) in [6.07, 6.45) is 1.12. The van der Waals surface area contributed by atoms with Crippen molar-refractivity contribution in [1.29, 1.82) is 0 Å². The fourth-order valence-electron chi connectivity index (χ4n) is 3.11. The molecule has 0 saturated carbocycles. The maximum atomic E-state index is 10.9. The summed E-state index contributed by atoms with van der Waals surface area (Å²) in [4.78, 5) is 2.35. The first kappa shape index (κ1) is 18.0. The monoisotopic (exact) mass is 293 g/mol. The predicted octanol–water partition coefficient (Wildman–Crippen LogP) is 3.42. The number of rotatable bonds is 8. The fraction of sp³-hybridized carbons (Fsp3) is 0.667. The number of hydrogen-bond acceptors (Lipinski definition) is 3. The molecule has 0 amide bonds. The number of hydrogen-bond donors (Lipinski definition) is 1. The summed E-state index contributed by atoms with van der Waals surface area (Å²) in [5, 5.41) is 10.9. The van der Waals surface area contributed by atoms with E-state index in [1.807, 2.05) is 12.1 Å². The van der Waals surface area contributed by atoms with Crippen LogP contribution in [0, 0.1) is 6.92 Å². The van der Waals surface area contributed by atoms with Gasteiger partial charge in [-0.2, -0.15) is 0 Å². The molecule has 0 heterocycles. The molecule has 0 aromatic heterocycles. The molecule has 1 aromatic rings. The lowest BCUT2D eigenvalue weighted by Crippen LogP contribution is -2.54. The van der Waals surface area contributed by atoms with E-state index in [0.29, 0.717) is 6.42 Å². The average molecular weight is 293 g/mol. The molecule has 0 bridgehead atoms. The quantitative estimate of drug-likeness (QED) is 0.797. The third-order valence-electron chi connectivity index (χ3n) is 4.77. The zero-order chi connectivity index (χ0) is 16.0. The Balaban J connectivity index is 3.02. The van der Waals surface area contributed by atoms with Crippen LogP contribution in [0.4, 0.5) is 0 Å². The van der Waals surface area contributed by atoms with Gasteiger partial charge in [-0.05, 0) is 45.0 Å². The normalized spacial score (nSPS) is 15.8. The van der Waals surface area contributed by atoms with Gasteiger partial charge in [0.2, 0.25) is 0 Å².